The van der Waals surface area contributed by atoms with E-state index in [1.807, 2.05) is 20.9 Å². The normalized spacial score (nSPS) is 23.1. The molecule has 1 aromatic rings. The van der Waals surface area contributed by atoms with Crippen LogP contribution < -0.4 is 10.6 Å². The van der Waals surface area contributed by atoms with Crippen molar-refractivity contribution >= 4 is 11.6 Å². The van der Waals surface area contributed by atoms with Crippen LogP contribution in [0.1, 0.15) is 31.2 Å². The summed E-state index contributed by atoms with van der Waals surface area (Å²) in [4.78, 5) is 8.81. The fourth-order valence-corrected chi connectivity index (χ4v) is 2.29. The van der Waals surface area contributed by atoms with Crippen LogP contribution in [-0.4, -0.2) is 35.8 Å². The Balaban J connectivity index is 2.11. The molecule has 0 aromatic carbocycles. The summed E-state index contributed by atoms with van der Waals surface area (Å²) in [6.45, 7) is 7.72. The topological polar surface area (TPSA) is 59.1 Å². The molecule has 0 aliphatic carbocycles. The highest BCUT2D eigenvalue weighted by atomic mass is 16.5. The van der Waals surface area contributed by atoms with Crippen molar-refractivity contribution in [2.75, 3.05) is 30.8 Å². The molecule has 0 radical (unpaired) electrons. The lowest BCUT2D eigenvalue weighted by Crippen LogP contribution is -2.33. The van der Waals surface area contributed by atoms with Gasteiger partial charge in [0.25, 0.3) is 0 Å². The van der Waals surface area contributed by atoms with E-state index in [0.717, 1.165) is 49.0 Å². The van der Waals surface area contributed by atoms with Gasteiger partial charge in [0, 0.05) is 25.8 Å². The van der Waals surface area contributed by atoms with Crippen LogP contribution in [0.15, 0.2) is 0 Å². The molecule has 18 heavy (non-hydrogen) atoms. The van der Waals surface area contributed by atoms with Crippen LogP contribution in [0.25, 0.3) is 0 Å². The molecule has 1 aliphatic rings. The molecule has 1 aromatic heterocycles. The maximum absolute atomic E-state index is 5.77. The predicted octanol–water partition coefficient (Wildman–Crippen LogP) is 2.12. The maximum Gasteiger partial charge on any atom is 0.134 e. The first kappa shape index (κ1) is 13.1. The third kappa shape index (κ3) is 2.72. The SMILES string of the molecule is CNc1nc(C)nc(NCC2(C)CCCO2)c1C. The van der Waals surface area contributed by atoms with Crippen LogP contribution in [0.2, 0.25) is 0 Å². The van der Waals surface area contributed by atoms with E-state index in [1.54, 1.807) is 0 Å². The highest BCUT2D eigenvalue weighted by Crippen LogP contribution is 2.26. The van der Waals surface area contributed by atoms with Crippen LogP contribution in [0.3, 0.4) is 0 Å². The van der Waals surface area contributed by atoms with E-state index in [1.165, 1.54) is 0 Å². The standard InChI is InChI=1S/C13H22N4O/c1-9-11(14-4)16-10(2)17-12(9)15-8-13(3)6-5-7-18-13/h5-8H2,1-4H3,(H2,14,15,16,17). The van der Waals surface area contributed by atoms with Gasteiger partial charge in [-0.3, -0.25) is 0 Å². The fourth-order valence-electron chi connectivity index (χ4n) is 2.29. The Morgan fingerprint density at radius 3 is 2.61 bits per heavy atom. The highest BCUT2D eigenvalue weighted by Gasteiger charge is 2.29. The number of aryl methyl sites for hydroxylation is 1. The third-order valence-electron chi connectivity index (χ3n) is 3.42. The smallest absolute Gasteiger partial charge is 0.134 e. The van der Waals surface area contributed by atoms with Crippen LogP contribution in [0.5, 0.6) is 0 Å². The molecular weight excluding hydrogens is 228 g/mol. The molecule has 1 unspecified atom stereocenters. The number of nitrogens with one attached hydrogen (secondary N) is 2. The fraction of sp³-hybridized carbons (Fsp3) is 0.692. The number of hydrogen-bond acceptors (Lipinski definition) is 5. The number of hydrogen-bond donors (Lipinski definition) is 2. The second kappa shape index (κ2) is 5.10. The average Bonchev–Trinajstić information content (AvgIpc) is 2.77. The van der Waals surface area contributed by atoms with Crippen LogP contribution in [-0.2, 0) is 4.74 Å². The summed E-state index contributed by atoms with van der Waals surface area (Å²) in [5, 5.41) is 6.49. The first-order chi connectivity index (χ1) is 8.54. The molecular formula is C13H22N4O. The third-order valence-corrected chi connectivity index (χ3v) is 3.42. The van der Waals surface area contributed by atoms with Crippen LogP contribution >= 0.6 is 0 Å². The zero-order valence-corrected chi connectivity index (χ0v) is 11.6. The molecule has 2 heterocycles. The minimum absolute atomic E-state index is 0.0644. The van der Waals surface area contributed by atoms with E-state index in [-0.39, 0.29) is 5.60 Å². The molecule has 0 saturated carbocycles. The van der Waals surface area contributed by atoms with Crippen molar-refractivity contribution in [2.24, 2.45) is 0 Å². The Kier molecular flexibility index (Phi) is 3.71. The van der Waals surface area contributed by atoms with Gasteiger partial charge < -0.3 is 15.4 Å². The first-order valence-electron chi connectivity index (χ1n) is 6.45. The zero-order valence-electron chi connectivity index (χ0n) is 11.6. The second-order valence-corrected chi connectivity index (χ2v) is 5.10. The largest absolute Gasteiger partial charge is 0.373 e. The molecule has 2 rings (SSSR count). The molecule has 1 atom stereocenters. The molecule has 1 saturated heterocycles. The van der Waals surface area contributed by atoms with Crippen molar-refractivity contribution in [1.29, 1.82) is 0 Å². The van der Waals surface area contributed by atoms with Crippen molar-refractivity contribution in [3.8, 4) is 0 Å². The average molecular weight is 250 g/mol. The maximum atomic E-state index is 5.77. The lowest BCUT2D eigenvalue weighted by molar-refractivity contribution is 0.0314. The molecule has 1 fully saturated rings. The van der Waals surface area contributed by atoms with Crippen molar-refractivity contribution in [1.82, 2.24) is 9.97 Å². The van der Waals surface area contributed by atoms with Crippen molar-refractivity contribution in [3.63, 3.8) is 0 Å². The predicted molar refractivity (Wildman–Crippen MR) is 73.1 cm³/mol. The van der Waals surface area contributed by atoms with Crippen LogP contribution in [0.4, 0.5) is 11.6 Å². The molecule has 0 spiro atoms. The lowest BCUT2D eigenvalue weighted by atomic mass is 10.0. The Morgan fingerprint density at radius 1 is 1.28 bits per heavy atom. The van der Waals surface area contributed by atoms with Gasteiger partial charge in [0.15, 0.2) is 0 Å². The minimum Gasteiger partial charge on any atom is -0.373 e. The summed E-state index contributed by atoms with van der Waals surface area (Å²) in [5.74, 6) is 2.54. The Hall–Kier alpha value is -1.36. The van der Waals surface area contributed by atoms with Gasteiger partial charge in [0.1, 0.15) is 17.5 Å². The first-order valence-corrected chi connectivity index (χ1v) is 6.45. The van der Waals surface area contributed by atoms with Gasteiger partial charge in [-0.25, -0.2) is 9.97 Å². The van der Waals surface area contributed by atoms with Gasteiger partial charge in [-0.2, -0.15) is 0 Å². The van der Waals surface area contributed by atoms with Crippen molar-refractivity contribution < 1.29 is 4.74 Å². The van der Waals surface area contributed by atoms with E-state index < -0.39 is 0 Å². The number of rotatable bonds is 4. The van der Waals surface area contributed by atoms with Gasteiger partial charge in [-0.15, -0.1) is 0 Å². The Labute approximate surface area is 108 Å². The van der Waals surface area contributed by atoms with Gasteiger partial charge in [0.05, 0.1) is 5.60 Å². The summed E-state index contributed by atoms with van der Waals surface area (Å²) >= 11 is 0. The van der Waals surface area contributed by atoms with E-state index in [2.05, 4.69) is 27.5 Å². The van der Waals surface area contributed by atoms with E-state index in [0.29, 0.717) is 0 Å². The van der Waals surface area contributed by atoms with E-state index in [9.17, 15) is 0 Å². The number of aromatic nitrogens is 2. The molecule has 1 aliphatic heterocycles. The summed E-state index contributed by atoms with van der Waals surface area (Å²) in [5.41, 5.74) is 0.982. The molecule has 5 nitrogen and oxygen atoms in total. The van der Waals surface area contributed by atoms with Crippen LogP contribution in [0, 0.1) is 13.8 Å². The van der Waals surface area contributed by atoms with Crippen molar-refractivity contribution in [3.05, 3.63) is 11.4 Å². The lowest BCUT2D eigenvalue weighted by Gasteiger charge is -2.24. The summed E-state index contributed by atoms with van der Waals surface area (Å²) in [6, 6.07) is 0. The van der Waals surface area contributed by atoms with Gasteiger partial charge in [-0.1, -0.05) is 0 Å². The Morgan fingerprint density at radius 2 is 2.00 bits per heavy atom. The number of nitrogens with zero attached hydrogens (tertiary/aromatic N) is 2. The Bertz CT molecular complexity index is 427. The molecule has 5 heteroatoms. The highest BCUT2D eigenvalue weighted by molar-refractivity contribution is 5.57. The monoisotopic (exact) mass is 250 g/mol. The second-order valence-electron chi connectivity index (χ2n) is 5.10. The van der Waals surface area contributed by atoms with Crippen molar-refractivity contribution in [2.45, 2.75) is 39.2 Å². The van der Waals surface area contributed by atoms with Gasteiger partial charge >= 0.3 is 0 Å². The molecule has 0 amide bonds. The molecule has 2 N–H and O–H groups in total. The quantitative estimate of drug-likeness (QED) is 0.857. The van der Waals surface area contributed by atoms with E-state index >= 15 is 0 Å². The molecule has 0 bridgehead atoms. The summed E-state index contributed by atoms with van der Waals surface area (Å²) in [7, 11) is 1.87. The van der Waals surface area contributed by atoms with Gasteiger partial charge in [0.2, 0.25) is 0 Å². The number of anilines is 2. The summed E-state index contributed by atoms with van der Waals surface area (Å²) < 4.78 is 5.77. The number of ether oxygens (including phenoxy) is 1. The van der Waals surface area contributed by atoms with E-state index in [4.69, 9.17) is 4.74 Å². The molecule has 100 valence electrons. The minimum atomic E-state index is -0.0644. The van der Waals surface area contributed by atoms with Gasteiger partial charge in [-0.05, 0) is 33.6 Å². The summed E-state index contributed by atoms with van der Waals surface area (Å²) in [6.07, 6.45) is 2.24. The zero-order chi connectivity index (χ0) is 13.2.